The molecular formula is C26H26FN3O2. The predicted molar refractivity (Wildman–Crippen MR) is 123 cm³/mol. The van der Waals surface area contributed by atoms with Crippen molar-refractivity contribution in [1.29, 1.82) is 0 Å². The van der Waals surface area contributed by atoms with Gasteiger partial charge in [0.15, 0.2) is 0 Å². The number of ether oxygens (including phenoxy) is 2. The van der Waals surface area contributed by atoms with Crippen molar-refractivity contribution in [1.82, 2.24) is 14.9 Å². The Bertz CT molecular complexity index is 1200. The van der Waals surface area contributed by atoms with Crippen molar-refractivity contribution in [2.75, 3.05) is 7.11 Å². The van der Waals surface area contributed by atoms with E-state index < -0.39 is 0 Å². The zero-order chi connectivity index (χ0) is 22.1. The SMILES string of the molecule is COc1ccc(C(Oc2ccc3c(ccn3-c3ccc(F)cc3)c2)C(C)NC2CC2)cn1. The van der Waals surface area contributed by atoms with Gasteiger partial charge in [0.05, 0.1) is 12.6 Å². The van der Waals surface area contributed by atoms with E-state index in [1.807, 2.05) is 53.4 Å². The molecule has 5 nitrogen and oxygen atoms in total. The van der Waals surface area contributed by atoms with Crippen LogP contribution in [0.25, 0.3) is 16.6 Å². The number of hydrogen-bond donors (Lipinski definition) is 1. The van der Waals surface area contributed by atoms with Crippen LogP contribution in [0, 0.1) is 5.82 Å². The predicted octanol–water partition coefficient (Wildman–Crippen LogP) is 5.43. The Labute approximate surface area is 186 Å². The van der Waals surface area contributed by atoms with E-state index in [2.05, 4.69) is 17.2 Å². The average molecular weight is 432 g/mol. The molecule has 0 aliphatic heterocycles. The van der Waals surface area contributed by atoms with Gasteiger partial charge in [-0.25, -0.2) is 9.37 Å². The highest BCUT2D eigenvalue weighted by Crippen LogP contribution is 2.31. The third-order valence-electron chi connectivity index (χ3n) is 5.86. The van der Waals surface area contributed by atoms with Crippen LogP contribution in [0.2, 0.25) is 0 Å². The third kappa shape index (κ3) is 4.32. The highest BCUT2D eigenvalue weighted by molar-refractivity contribution is 5.83. The summed E-state index contributed by atoms with van der Waals surface area (Å²) in [4.78, 5) is 4.37. The number of nitrogens with one attached hydrogen (secondary N) is 1. The number of rotatable bonds is 8. The highest BCUT2D eigenvalue weighted by atomic mass is 19.1. The van der Waals surface area contributed by atoms with Crippen molar-refractivity contribution in [3.05, 3.63) is 84.4 Å². The maximum Gasteiger partial charge on any atom is 0.212 e. The summed E-state index contributed by atoms with van der Waals surface area (Å²) in [6.07, 6.45) is 6.04. The van der Waals surface area contributed by atoms with Crippen LogP contribution < -0.4 is 14.8 Å². The zero-order valence-corrected chi connectivity index (χ0v) is 18.2. The minimum Gasteiger partial charge on any atom is -0.484 e. The summed E-state index contributed by atoms with van der Waals surface area (Å²) in [5.74, 6) is 1.13. The van der Waals surface area contributed by atoms with Crippen molar-refractivity contribution in [3.8, 4) is 17.3 Å². The van der Waals surface area contributed by atoms with Gasteiger partial charge in [0.25, 0.3) is 0 Å². The van der Waals surface area contributed by atoms with Gasteiger partial charge in [0, 0.05) is 47.2 Å². The van der Waals surface area contributed by atoms with Crippen molar-refractivity contribution in [2.45, 2.75) is 38.0 Å². The molecule has 164 valence electrons. The van der Waals surface area contributed by atoms with E-state index >= 15 is 0 Å². The zero-order valence-electron chi connectivity index (χ0n) is 18.2. The molecule has 2 aromatic heterocycles. The number of aromatic nitrogens is 2. The normalized spacial score (nSPS) is 15.5. The van der Waals surface area contributed by atoms with Gasteiger partial charge < -0.3 is 19.4 Å². The molecule has 0 spiro atoms. The average Bonchev–Trinajstić information content (AvgIpc) is 3.54. The first-order chi connectivity index (χ1) is 15.6. The van der Waals surface area contributed by atoms with Gasteiger partial charge in [-0.2, -0.15) is 0 Å². The molecule has 0 bridgehead atoms. The Morgan fingerprint density at radius 3 is 2.56 bits per heavy atom. The second-order valence-electron chi connectivity index (χ2n) is 8.28. The van der Waals surface area contributed by atoms with Crippen LogP contribution in [0.15, 0.2) is 73.1 Å². The van der Waals surface area contributed by atoms with E-state index in [1.165, 1.54) is 25.0 Å². The van der Waals surface area contributed by atoms with E-state index in [1.54, 1.807) is 19.2 Å². The number of pyridine rings is 1. The lowest BCUT2D eigenvalue weighted by molar-refractivity contribution is 0.160. The molecule has 5 rings (SSSR count). The van der Waals surface area contributed by atoms with Crippen molar-refractivity contribution < 1.29 is 13.9 Å². The van der Waals surface area contributed by atoms with Gasteiger partial charge in [0.1, 0.15) is 17.7 Å². The molecular weight excluding hydrogens is 405 g/mol. The van der Waals surface area contributed by atoms with Crippen LogP contribution in [-0.4, -0.2) is 28.7 Å². The van der Waals surface area contributed by atoms with Gasteiger partial charge in [-0.15, -0.1) is 0 Å². The van der Waals surface area contributed by atoms with Gasteiger partial charge in [-0.05, 0) is 74.4 Å². The van der Waals surface area contributed by atoms with Crippen LogP contribution in [-0.2, 0) is 0 Å². The molecule has 2 aromatic carbocycles. The number of methoxy groups -OCH3 is 1. The smallest absolute Gasteiger partial charge is 0.212 e. The Morgan fingerprint density at radius 1 is 1.06 bits per heavy atom. The Balaban J connectivity index is 1.43. The van der Waals surface area contributed by atoms with Gasteiger partial charge in [-0.3, -0.25) is 0 Å². The maximum atomic E-state index is 13.3. The largest absolute Gasteiger partial charge is 0.484 e. The summed E-state index contributed by atoms with van der Waals surface area (Å²) in [5, 5.41) is 4.71. The molecule has 1 N–H and O–H groups in total. The monoisotopic (exact) mass is 431 g/mol. The van der Waals surface area contributed by atoms with E-state index in [-0.39, 0.29) is 18.0 Å². The first-order valence-corrected chi connectivity index (χ1v) is 10.9. The molecule has 0 saturated heterocycles. The van der Waals surface area contributed by atoms with Crippen molar-refractivity contribution >= 4 is 10.9 Å². The molecule has 1 aliphatic carbocycles. The van der Waals surface area contributed by atoms with Crippen LogP contribution in [0.4, 0.5) is 4.39 Å². The molecule has 1 aliphatic rings. The van der Waals surface area contributed by atoms with Gasteiger partial charge >= 0.3 is 0 Å². The summed E-state index contributed by atoms with van der Waals surface area (Å²) in [6.45, 7) is 2.15. The molecule has 1 fully saturated rings. The van der Waals surface area contributed by atoms with Gasteiger partial charge in [0.2, 0.25) is 5.88 Å². The molecule has 1 saturated carbocycles. The second-order valence-corrected chi connectivity index (χ2v) is 8.28. The van der Waals surface area contributed by atoms with Crippen LogP contribution in [0.1, 0.15) is 31.4 Å². The van der Waals surface area contributed by atoms with Crippen molar-refractivity contribution in [3.63, 3.8) is 0 Å². The molecule has 2 heterocycles. The Morgan fingerprint density at radius 2 is 1.88 bits per heavy atom. The number of fused-ring (bicyclic) bond motifs is 1. The van der Waals surface area contributed by atoms with E-state index in [9.17, 15) is 4.39 Å². The molecule has 0 amide bonds. The highest BCUT2D eigenvalue weighted by Gasteiger charge is 2.29. The minimum atomic E-state index is -0.242. The fourth-order valence-corrected chi connectivity index (χ4v) is 4.02. The number of nitrogens with zero attached hydrogens (tertiary/aromatic N) is 2. The molecule has 0 radical (unpaired) electrons. The van der Waals surface area contributed by atoms with Crippen LogP contribution in [0.3, 0.4) is 0 Å². The Hall–Kier alpha value is -3.38. The lowest BCUT2D eigenvalue weighted by Crippen LogP contribution is -2.36. The summed E-state index contributed by atoms with van der Waals surface area (Å²) in [6, 6.07) is 19.2. The second kappa shape index (κ2) is 8.63. The minimum absolute atomic E-state index is 0.122. The quantitative estimate of drug-likeness (QED) is 0.404. The topological polar surface area (TPSA) is 48.3 Å². The lowest BCUT2D eigenvalue weighted by Gasteiger charge is -2.26. The maximum absolute atomic E-state index is 13.3. The van der Waals surface area contributed by atoms with E-state index in [0.717, 1.165) is 27.9 Å². The van der Waals surface area contributed by atoms with E-state index in [0.29, 0.717) is 11.9 Å². The fraction of sp³-hybridized carbons (Fsp3) is 0.269. The molecule has 32 heavy (non-hydrogen) atoms. The Kier molecular flexibility index (Phi) is 5.53. The number of halogens is 1. The third-order valence-corrected chi connectivity index (χ3v) is 5.86. The van der Waals surface area contributed by atoms with Crippen LogP contribution >= 0.6 is 0 Å². The number of hydrogen-bond acceptors (Lipinski definition) is 4. The van der Waals surface area contributed by atoms with Crippen molar-refractivity contribution in [2.24, 2.45) is 0 Å². The fourth-order valence-electron chi connectivity index (χ4n) is 4.02. The first-order valence-electron chi connectivity index (χ1n) is 10.9. The van der Waals surface area contributed by atoms with E-state index in [4.69, 9.17) is 9.47 Å². The summed E-state index contributed by atoms with van der Waals surface area (Å²) in [5.41, 5.74) is 2.95. The summed E-state index contributed by atoms with van der Waals surface area (Å²) >= 11 is 0. The lowest BCUT2D eigenvalue weighted by atomic mass is 10.0. The standard InChI is InChI=1S/C26H26FN3O2/c1-17(29-21-6-7-21)26(19-3-12-25(31-2)28-16-19)32-23-10-11-24-18(15-23)13-14-30(24)22-8-4-20(27)5-9-22/h3-5,8-17,21,26,29H,6-7H2,1-2H3. The first kappa shape index (κ1) is 20.5. The molecule has 6 heteroatoms. The molecule has 2 atom stereocenters. The number of benzene rings is 2. The molecule has 2 unspecified atom stereocenters. The summed E-state index contributed by atoms with van der Waals surface area (Å²) in [7, 11) is 1.61. The van der Waals surface area contributed by atoms with Crippen LogP contribution in [0.5, 0.6) is 11.6 Å². The summed E-state index contributed by atoms with van der Waals surface area (Å²) < 4.78 is 27.1. The van der Waals surface area contributed by atoms with Gasteiger partial charge in [-0.1, -0.05) is 0 Å². The molecule has 4 aromatic rings.